The zero-order valence-corrected chi connectivity index (χ0v) is 21.1. The van der Waals surface area contributed by atoms with Gasteiger partial charge < -0.3 is 20.9 Å². The summed E-state index contributed by atoms with van der Waals surface area (Å²) in [6, 6.07) is 15.6. The molecule has 2 saturated heterocycles. The molecule has 0 saturated carbocycles. The Morgan fingerprint density at radius 1 is 0.919 bits per heavy atom. The number of nitrogen functional groups attached to an aromatic ring is 1. The molecule has 2 aliphatic rings. The molecule has 0 amide bonds. The summed E-state index contributed by atoms with van der Waals surface area (Å²) >= 11 is 0. The molecule has 192 valence electrons. The molecule has 0 aliphatic carbocycles. The first kappa shape index (κ1) is 23.8. The van der Waals surface area contributed by atoms with Gasteiger partial charge in [-0.3, -0.25) is 0 Å². The number of halogens is 1. The molecule has 2 aromatic heterocycles. The normalized spacial score (nSPS) is 18.4. The number of hydrogen-bond donors (Lipinski definition) is 2. The van der Waals surface area contributed by atoms with Gasteiger partial charge in [-0.1, -0.05) is 24.3 Å². The third kappa shape index (κ3) is 4.76. The number of nitrogens with zero attached hydrogens (tertiary/aromatic N) is 6. The third-order valence-electron chi connectivity index (χ3n) is 7.86. The van der Waals surface area contributed by atoms with Crippen LogP contribution in [0.1, 0.15) is 31.7 Å². The van der Waals surface area contributed by atoms with Crippen LogP contribution in [0.3, 0.4) is 0 Å². The number of piperidine rings is 2. The van der Waals surface area contributed by atoms with Crippen molar-refractivity contribution in [3.63, 3.8) is 0 Å². The smallest absolute Gasteiger partial charge is 0.164 e. The van der Waals surface area contributed by atoms with E-state index in [1.54, 1.807) is 6.07 Å². The Hall–Kier alpha value is -3.56. The zero-order valence-electron chi connectivity index (χ0n) is 21.1. The molecule has 37 heavy (non-hydrogen) atoms. The summed E-state index contributed by atoms with van der Waals surface area (Å²) in [5.74, 6) is 0.00724. The monoisotopic (exact) mass is 500 g/mol. The van der Waals surface area contributed by atoms with Gasteiger partial charge in [0.15, 0.2) is 5.65 Å². The van der Waals surface area contributed by atoms with Crippen LogP contribution in [-0.4, -0.2) is 68.8 Å². The fourth-order valence-corrected chi connectivity index (χ4v) is 5.75. The predicted molar refractivity (Wildman–Crippen MR) is 145 cm³/mol. The maximum atomic E-state index is 15.2. The van der Waals surface area contributed by atoms with Crippen molar-refractivity contribution in [3.05, 3.63) is 60.7 Å². The number of likely N-dealkylation sites (tertiary alicyclic amines) is 2. The van der Waals surface area contributed by atoms with Crippen LogP contribution >= 0.6 is 0 Å². The Labute approximate surface area is 216 Å². The predicted octanol–water partition coefficient (Wildman–Crippen LogP) is 4.69. The lowest BCUT2D eigenvalue weighted by molar-refractivity contribution is 0.0859. The summed E-state index contributed by atoms with van der Waals surface area (Å²) in [5.41, 5.74) is 9.54. The number of benzene rings is 2. The molecule has 8 nitrogen and oxygen atoms in total. The molecule has 0 radical (unpaired) electrons. The number of fused-ring (bicyclic) bond motifs is 1. The lowest BCUT2D eigenvalue weighted by atomic mass is 9.98. The van der Waals surface area contributed by atoms with Crippen LogP contribution in [0.2, 0.25) is 0 Å². The second-order valence-corrected chi connectivity index (χ2v) is 10.2. The molecule has 0 unspecified atom stereocenters. The van der Waals surface area contributed by atoms with Crippen LogP contribution in [0.25, 0.3) is 22.3 Å². The van der Waals surface area contributed by atoms with E-state index < -0.39 is 0 Å². The number of para-hydroxylation sites is 1. The van der Waals surface area contributed by atoms with Crippen molar-refractivity contribution in [2.24, 2.45) is 0 Å². The van der Waals surface area contributed by atoms with E-state index in [2.05, 4.69) is 32.1 Å². The average Bonchev–Trinajstić information content (AvgIpc) is 3.32. The van der Waals surface area contributed by atoms with Crippen LogP contribution in [0.15, 0.2) is 54.9 Å². The quantitative estimate of drug-likeness (QED) is 0.411. The summed E-state index contributed by atoms with van der Waals surface area (Å²) < 4.78 is 17.2. The van der Waals surface area contributed by atoms with Gasteiger partial charge in [0.1, 0.15) is 23.7 Å². The Morgan fingerprint density at radius 2 is 1.65 bits per heavy atom. The van der Waals surface area contributed by atoms with Gasteiger partial charge in [-0.15, -0.1) is 0 Å². The fraction of sp³-hybridized carbons (Fsp3) is 0.393. The summed E-state index contributed by atoms with van der Waals surface area (Å²) in [6.07, 6.45) is 5.96. The lowest BCUT2D eigenvalue weighted by Crippen LogP contribution is -2.47. The highest BCUT2D eigenvalue weighted by molar-refractivity contribution is 5.98. The number of rotatable bonds is 5. The summed E-state index contributed by atoms with van der Waals surface area (Å²) in [4.78, 5) is 13.8. The maximum absolute atomic E-state index is 15.2. The Kier molecular flexibility index (Phi) is 6.48. The zero-order chi connectivity index (χ0) is 25.4. The first-order valence-corrected chi connectivity index (χ1v) is 13.1. The number of aromatic nitrogens is 4. The van der Waals surface area contributed by atoms with Gasteiger partial charge >= 0.3 is 0 Å². The van der Waals surface area contributed by atoms with Gasteiger partial charge in [0.2, 0.25) is 0 Å². The van der Waals surface area contributed by atoms with Gasteiger partial charge in [0, 0.05) is 30.4 Å². The Bertz CT molecular complexity index is 1370. The SMILES string of the molecule is CN1CCC(N2CCC(n3nc(-c4ccc(Nc5ccccc5)c(F)c4)c4c(N)ncnc43)CC2)CC1. The summed E-state index contributed by atoms with van der Waals surface area (Å²) in [5, 5.41) is 8.78. The van der Waals surface area contributed by atoms with Crippen molar-refractivity contribution in [1.82, 2.24) is 29.5 Å². The number of anilines is 3. The van der Waals surface area contributed by atoms with Crippen molar-refractivity contribution in [2.45, 2.75) is 37.8 Å². The highest BCUT2D eigenvalue weighted by atomic mass is 19.1. The minimum Gasteiger partial charge on any atom is -0.383 e. The van der Waals surface area contributed by atoms with Gasteiger partial charge in [-0.25, -0.2) is 19.0 Å². The molecule has 0 spiro atoms. The fourth-order valence-electron chi connectivity index (χ4n) is 5.75. The van der Waals surface area contributed by atoms with Gasteiger partial charge in [-0.2, -0.15) is 5.10 Å². The number of nitrogens with two attached hydrogens (primary N) is 1. The van der Waals surface area contributed by atoms with E-state index in [1.165, 1.54) is 38.3 Å². The number of nitrogens with one attached hydrogen (secondary N) is 1. The second-order valence-electron chi connectivity index (χ2n) is 10.2. The Morgan fingerprint density at radius 3 is 2.38 bits per heavy atom. The summed E-state index contributed by atoms with van der Waals surface area (Å²) in [6.45, 7) is 4.43. The third-order valence-corrected chi connectivity index (χ3v) is 7.86. The molecule has 4 heterocycles. The van der Waals surface area contributed by atoms with E-state index in [1.807, 2.05) is 41.1 Å². The highest BCUT2D eigenvalue weighted by Gasteiger charge is 2.30. The van der Waals surface area contributed by atoms with E-state index >= 15 is 4.39 Å². The van der Waals surface area contributed by atoms with Crippen molar-refractivity contribution in [3.8, 4) is 11.3 Å². The summed E-state index contributed by atoms with van der Waals surface area (Å²) in [7, 11) is 2.20. The molecule has 2 aromatic carbocycles. The minimum atomic E-state index is -0.356. The first-order valence-electron chi connectivity index (χ1n) is 13.1. The largest absolute Gasteiger partial charge is 0.383 e. The first-order chi connectivity index (χ1) is 18.1. The van der Waals surface area contributed by atoms with Crippen LogP contribution in [0.4, 0.5) is 21.6 Å². The second kappa shape index (κ2) is 10.1. The molecule has 0 atom stereocenters. The lowest BCUT2D eigenvalue weighted by Gasteiger charge is -2.41. The van der Waals surface area contributed by atoms with E-state index in [4.69, 9.17) is 10.8 Å². The standard InChI is InChI=1S/C28H33FN8/c1-35-13-9-21(10-14-35)36-15-11-22(12-16-36)37-28-25(27(30)31-18-32-28)26(34-37)19-7-8-24(23(29)17-19)33-20-5-3-2-4-6-20/h2-8,17-18,21-22,33H,9-16H2,1H3,(H2,30,31,32). The molecule has 6 rings (SSSR count). The number of hydrogen-bond acceptors (Lipinski definition) is 7. The van der Waals surface area contributed by atoms with Crippen LogP contribution < -0.4 is 11.1 Å². The molecule has 0 bridgehead atoms. The van der Waals surface area contributed by atoms with E-state index in [0.717, 1.165) is 31.6 Å². The van der Waals surface area contributed by atoms with Crippen molar-refractivity contribution in [1.29, 1.82) is 0 Å². The van der Waals surface area contributed by atoms with Crippen LogP contribution in [0, 0.1) is 5.82 Å². The van der Waals surface area contributed by atoms with Gasteiger partial charge in [0.05, 0.1) is 17.1 Å². The average molecular weight is 501 g/mol. The van der Waals surface area contributed by atoms with E-state index in [9.17, 15) is 0 Å². The maximum Gasteiger partial charge on any atom is 0.164 e. The van der Waals surface area contributed by atoms with E-state index in [-0.39, 0.29) is 11.9 Å². The van der Waals surface area contributed by atoms with Crippen LogP contribution in [-0.2, 0) is 0 Å². The topological polar surface area (TPSA) is 88.1 Å². The molecule has 3 N–H and O–H groups in total. The van der Waals surface area contributed by atoms with E-state index in [0.29, 0.717) is 39.8 Å². The molecular formula is C28H33FN8. The molecule has 2 fully saturated rings. The molecule has 9 heteroatoms. The van der Waals surface area contributed by atoms with Gasteiger partial charge in [0.25, 0.3) is 0 Å². The van der Waals surface area contributed by atoms with Crippen molar-refractivity contribution < 1.29 is 4.39 Å². The van der Waals surface area contributed by atoms with Crippen molar-refractivity contribution >= 4 is 28.2 Å². The van der Waals surface area contributed by atoms with Crippen molar-refractivity contribution in [2.75, 3.05) is 44.3 Å². The Balaban J connectivity index is 1.26. The highest BCUT2D eigenvalue weighted by Crippen LogP contribution is 2.36. The molecular weight excluding hydrogens is 467 g/mol. The minimum absolute atomic E-state index is 0.219. The molecule has 4 aromatic rings. The van der Waals surface area contributed by atoms with Crippen LogP contribution in [0.5, 0.6) is 0 Å². The van der Waals surface area contributed by atoms with Gasteiger partial charge in [-0.05, 0) is 70.1 Å². The molecule has 2 aliphatic heterocycles.